The second-order valence-electron chi connectivity index (χ2n) is 4.35. The monoisotopic (exact) mass is 264 g/mol. The second-order valence-corrected chi connectivity index (χ2v) is 4.35. The van der Waals surface area contributed by atoms with Gasteiger partial charge < -0.3 is 0 Å². The zero-order chi connectivity index (χ0) is 14.0. The lowest BCUT2D eigenvalue weighted by Crippen LogP contribution is -2.06. The molecule has 0 bridgehead atoms. The highest BCUT2D eigenvalue weighted by molar-refractivity contribution is 5.97. The van der Waals surface area contributed by atoms with Gasteiger partial charge >= 0.3 is 0 Å². The average molecular weight is 264 g/mol. The highest BCUT2D eigenvalue weighted by Gasteiger charge is 2.12. The van der Waals surface area contributed by atoms with E-state index in [0.29, 0.717) is 5.56 Å². The van der Waals surface area contributed by atoms with Gasteiger partial charge in [-0.25, -0.2) is 13.2 Å². The minimum Gasteiger partial charge on any atom is -0.294 e. The Balaban J connectivity index is 2.28. The van der Waals surface area contributed by atoms with Gasteiger partial charge in [0.2, 0.25) is 0 Å². The number of Topliss-reactive ketones (excluding diaryl/α,β-unsaturated/α-hetero) is 1. The molecule has 0 aromatic heterocycles. The van der Waals surface area contributed by atoms with Gasteiger partial charge in [0.1, 0.15) is 17.5 Å². The van der Waals surface area contributed by atoms with Crippen molar-refractivity contribution in [2.75, 3.05) is 0 Å². The molecule has 0 saturated carbocycles. The predicted molar refractivity (Wildman–Crippen MR) is 65.5 cm³/mol. The van der Waals surface area contributed by atoms with E-state index in [4.69, 9.17) is 0 Å². The van der Waals surface area contributed by atoms with Crippen LogP contribution in [0.5, 0.6) is 0 Å². The van der Waals surface area contributed by atoms with Gasteiger partial charge in [0.15, 0.2) is 5.78 Å². The van der Waals surface area contributed by atoms with Crippen LogP contribution in [0.2, 0.25) is 0 Å². The van der Waals surface area contributed by atoms with Crippen molar-refractivity contribution in [3.63, 3.8) is 0 Å². The Morgan fingerprint density at radius 1 is 1.00 bits per heavy atom. The van der Waals surface area contributed by atoms with E-state index in [-0.39, 0.29) is 17.5 Å². The second kappa shape index (κ2) is 5.26. The molecule has 0 fully saturated rings. The molecule has 2 rings (SSSR count). The van der Waals surface area contributed by atoms with E-state index in [1.54, 1.807) is 6.92 Å². The summed E-state index contributed by atoms with van der Waals surface area (Å²) in [6.07, 6.45) is -0.299. The van der Waals surface area contributed by atoms with Crippen molar-refractivity contribution >= 4 is 5.78 Å². The van der Waals surface area contributed by atoms with E-state index in [1.807, 2.05) is 0 Å². The summed E-state index contributed by atoms with van der Waals surface area (Å²) in [4.78, 5) is 11.9. The molecule has 4 heteroatoms. The molecule has 0 aliphatic rings. The van der Waals surface area contributed by atoms with Crippen molar-refractivity contribution in [1.29, 1.82) is 0 Å². The molecule has 0 radical (unpaired) electrons. The summed E-state index contributed by atoms with van der Waals surface area (Å²) in [6.45, 7) is 1.66. The molecule has 98 valence electrons. The van der Waals surface area contributed by atoms with Gasteiger partial charge in [0.05, 0.1) is 0 Å². The van der Waals surface area contributed by atoms with Crippen LogP contribution >= 0.6 is 0 Å². The Morgan fingerprint density at radius 2 is 1.74 bits per heavy atom. The third kappa shape index (κ3) is 3.22. The normalized spacial score (nSPS) is 10.5. The first-order valence-electron chi connectivity index (χ1n) is 5.70. The smallest absolute Gasteiger partial charge is 0.167 e. The lowest BCUT2D eigenvalue weighted by atomic mass is 10.0. The van der Waals surface area contributed by atoms with Gasteiger partial charge in [-0.1, -0.05) is 0 Å². The Labute approximate surface area is 108 Å². The number of benzene rings is 2. The number of hydrogen-bond acceptors (Lipinski definition) is 1. The van der Waals surface area contributed by atoms with Crippen LogP contribution in [0, 0.1) is 24.4 Å². The highest BCUT2D eigenvalue weighted by atomic mass is 19.1. The summed E-state index contributed by atoms with van der Waals surface area (Å²) in [5.41, 5.74) is 0.719. The van der Waals surface area contributed by atoms with E-state index in [0.717, 1.165) is 24.3 Å². The fourth-order valence-electron chi connectivity index (χ4n) is 1.85. The summed E-state index contributed by atoms with van der Waals surface area (Å²) in [5.74, 6) is -2.24. The van der Waals surface area contributed by atoms with Crippen molar-refractivity contribution in [2.24, 2.45) is 0 Å². The van der Waals surface area contributed by atoms with Crippen LogP contribution in [0.3, 0.4) is 0 Å². The SMILES string of the molecule is Cc1cc(F)cc(C(=O)Cc2cc(F)ccc2F)c1. The first-order chi connectivity index (χ1) is 8.95. The molecule has 0 heterocycles. The molecule has 19 heavy (non-hydrogen) atoms. The predicted octanol–water partition coefficient (Wildman–Crippen LogP) is 3.84. The minimum atomic E-state index is -0.650. The van der Waals surface area contributed by atoms with Crippen LogP contribution in [0.15, 0.2) is 36.4 Å². The maximum Gasteiger partial charge on any atom is 0.167 e. The molecule has 0 spiro atoms. The third-order valence-corrected chi connectivity index (χ3v) is 2.72. The van der Waals surface area contributed by atoms with E-state index >= 15 is 0 Å². The molecular weight excluding hydrogens is 253 g/mol. The molecule has 0 atom stereocenters. The van der Waals surface area contributed by atoms with Crippen LogP contribution in [-0.2, 0) is 6.42 Å². The van der Waals surface area contributed by atoms with E-state index < -0.39 is 23.2 Å². The number of halogens is 3. The van der Waals surface area contributed by atoms with Gasteiger partial charge in [0, 0.05) is 12.0 Å². The Hall–Kier alpha value is -2.10. The molecule has 0 N–H and O–H groups in total. The summed E-state index contributed by atoms with van der Waals surface area (Å²) >= 11 is 0. The lowest BCUT2D eigenvalue weighted by Gasteiger charge is -2.05. The number of ketones is 1. The zero-order valence-electron chi connectivity index (χ0n) is 10.2. The van der Waals surface area contributed by atoms with E-state index in [9.17, 15) is 18.0 Å². The first-order valence-corrected chi connectivity index (χ1v) is 5.70. The van der Waals surface area contributed by atoms with Crippen molar-refractivity contribution in [3.05, 3.63) is 70.5 Å². The van der Waals surface area contributed by atoms with Crippen molar-refractivity contribution in [1.82, 2.24) is 0 Å². The quantitative estimate of drug-likeness (QED) is 0.770. The molecule has 0 unspecified atom stereocenters. The van der Waals surface area contributed by atoms with Gasteiger partial charge in [-0.05, 0) is 54.4 Å². The van der Waals surface area contributed by atoms with Crippen molar-refractivity contribution in [3.8, 4) is 0 Å². The van der Waals surface area contributed by atoms with Crippen LogP contribution in [0.4, 0.5) is 13.2 Å². The van der Waals surface area contributed by atoms with Gasteiger partial charge in [-0.3, -0.25) is 4.79 Å². The molecule has 0 amide bonds. The van der Waals surface area contributed by atoms with Crippen LogP contribution in [0.1, 0.15) is 21.5 Å². The number of carbonyl (C=O) groups is 1. The van der Waals surface area contributed by atoms with Gasteiger partial charge in [-0.15, -0.1) is 0 Å². The highest BCUT2D eigenvalue weighted by Crippen LogP contribution is 2.15. The van der Waals surface area contributed by atoms with Crippen molar-refractivity contribution in [2.45, 2.75) is 13.3 Å². The van der Waals surface area contributed by atoms with Gasteiger partial charge in [0.25, 0.3) is 0 Å². The molecule has 2 aromatic rings. The number of aryl methyl sites for hydroxylation is 1. The molecule has 2 aromatic carbocycles. The largest absolute Gasteiger partial charge is 0.294 e. The number of rotatable bonds is 3. The lowest BCUT2D eigenvalue weighted by molar-refractivity contribution is 0.0991. The molecule has 0 aliphatic carbocycles. The maximum absolute atomic E-state index is 13.4. The fourth-order valence-corrected chi connectivity index (χ4v) is 1.85. The van der Waals surface area contributed by atoms with Crippen LogP contribution in [-0.4, -0.2) is 5.78 Å². The zero-order valence-corrected chi connectivity index (χ0v) is 10.2. The Kier molecular flexibility index (Phi) is 3.69. The number of hydrogen-bond donors (Lipinski definition) is 0. The summed E-state index contributed by atoms with van der Waals surface area (Å²) in [6, 6.07) is 6.82. The topological polar surface area (TPSA) is 17.1 Å². The standard InChI is InChI=1S/C15H11F3O/c1-9-4-11(7-13(17)5-9)15(19)8-10-6-12(16)2-3-14(10)18/h2-7H,8H2,1H3. The third-order valence-electron chi connectivity index (χ3n) is 2.72. The molecule has 1 nitrogen and oxygen atoms in total. The van der Waals surface area contributed by atoms with Gasteiger partial charge in [-0.2, -0.15) is 0 Å². The molecule has 0 saturated heterocycles. The van der Waals surface area contributed by atoms with E-state index in [1.165, 1.54) is 12.1 Å². The fraction of sp³-hybridized carbons (Fsp3) is 0.133. The van der Waals surface area contributed by atoms with Crippen molar-refractivity contribution < 1.29 is 18.0 Å². The summed E-state index contributed by atoms with van der Waals surface area (Å²) in [5, 5.41) is 0. The van der Waals surface area contributed by atoms with Crippen LogP contribution < -0.4 is 0 Å². The molecule has 0 aliphatic heterocycles. The Morgan fingerprint density at radius 3 is 2.42 bits per heavy atom. The van der Waals surface area contributed by atoms with Crippen LogP contribution in [0.25, 0.3) is 0 Å². The molecular formula is C15H11F3O. The average Bonchev–Trinajstić information content (AvgIpc) is 2.32. The van der Waals surface area contributed by atoms with E-state index in [2.05, 4.69) is 0 Å². The summed E-state index contributed by atoms with van der Waals surface area (Å²) in [7, 11) is 0. The Bertz CT molecular complexity index is 615. The summed E-state index contributed by atoms with van der Waals surface area (Å²) < 4.78 is 39.6. The minimum absolute atomic E-state index is 0.0353. The maximum atomic E-state index is 13.4. The number of carbonyl (C=O) groups excluding carboxylic acids is 1. The first kappa shape index (κ1) is 13.3.